The third-order valence-corrected chi connectivity index (χ3v) is 3.59. The van der Waals surface area contributed by atoms with Crippen LogP contribution in [-0.4, -0.2) is 6.54 Å². The Balaban J connectivity index is 2.28. The highest BCUT2D eigenvalue weighted by atomic mass is 127. The highest BCUT2D eigenvalue weighted by molar-refractivity contribution is 14.1. The van der Waals surface area contributed by atoms with E-state index >= 15 is 0 Å². The second-order valence-corrected chi connectivity index (χ2v) is 5.84. The Bertz CT molecular complexity index is 286. The van der Waals surface area contributed by atoms with Gasteiger partial charge in [-0.2, -0.15) is 0 Å². The largest absolute Gasteiger partial charge is 0.310 e. The molecule has 2 rings (SSSR count). The van der Waals surface area contributed by atoms with Gasteiger partial charge in [0.25, 0.3) is 0 Å². The molecule has 1 aromatic carbocycles. The first-order chi connectivity index (χ1) is 6.25. The zero-order chi connectivity index (χ0) is 9.26. The summed E-state index contributed by atoms with van der Waals surface area (Å²) in [5.41, 5.74) is 1.45. The van der Waals surface area contributed by atoms with Crippen molar-refractivity contribution in [3.8, 4) is 0 Å². The average molecular weight is 399 g/mol. The van der Waals surface area contributed by atoms with Gasteiger partial charge in [-0.3, -0.25) is 0 Å². The predicted molar refractivity (Wildman–Crippen MR) is 71.9 cm³/mol. The van der Waals surface area contributed by atoms with E-state index in [9.17, 15) is 0 Å². The minimum atomic E-state index is 0.600. The van der Waals surface area contributed by atoms with Gasteiger partial charge in [-0.15, -0.1) is 0 Å². The molecule has 0 saturated carbocycles. The van der Waals surface area contributed by atoms with E-state index in [0.717, 1.165) is 0 Å². The van der Waals surface area contributed by atoms with Crippen molar-refractivity contribution in [2.45, 2.75) is 18.9 Å². The molecule has 0 aromatic heterocycles. The molecule has 0 radical (unpaired) electrons. The summed E-state index contributed by atoms with van der Waals surface area (Å²) in [5, 5.41) is 3.52. The first-order valence-corrected chi connectivity index (χ1v) is 6.61. The van der Waals surface area contributed by atoms with E-state index in [1.807, 2.05) is 0 Å². The Morgan fingerprint density at radius 3 is 2.38 bits per heavy atom. The topological polar surface area (TPSA) is 12.0 Å². The van der Waals surface area contributed by atoms with Crippen LogP contribution in [0.1, 0.15) is 24.4 Å². The van der Waals surface area contributed by atoms with Gasteiger partial charge in [0.15, 0.2) is 0 Å². The van der Waals surface area contributed by atoms with Crippen molar-refractivity contribution >= 4 is 45.2 Å². The fraction of sp³-hybridized carbons (Fsp3) is 0.400. The van der Waals surface area contributed by atoms with Crippen molar-refractivity contribution in [1.29, 1.82) is 0 Å². The van der Waals surface area contributed by atoms with Crippen LogP contribution >= 0.6 is 45.2 Å². The lowest BCUT2D eigenvalue weighted by Crippen LogP contribution is -2.13. The van der Waals surface area contributed by atoms with Crippen LogP contribution in [-0.2, 0) is 0 Å². The number of benzene rings is 1. The lowest BCUT2D eigenvalue weighted by Gasteiger charge is -2.11. The number of halogens is 2. The number of rotatable bonds is 1. The molecular weight excluding hydrogens is 388 g/mol. The van der Waals surface area contributed by atoms with E-state index in [0.29, 0.717) is 6.04 Å². The van der Waals surface area contributed by atoms with Crippen LogP contribution in [0.2, 0.25) is 0 Å². The lowest BCUT2D eigenvalue weighted by molar-refractivity contribution is 0.647. The summed E-state index contributed by atoms with van der Waals surface area (Å²) in [6, 6.07) is 7.38. The first kappa shape index (κ1) is 10.2. The van der Waals surface area contributed by atoms with E-state index in [2.05, 4.69) is 68.7 Å². The summed E-state index contributed by atoms with van der Waals surface area (Å²) in [6.45, 7) is 1.17. The highest BCUT2D eigenvalue weighted by Gasteiger charge is 2.16. The summed E-state index contributed by atoms with van der Waals surface area (Å²) in [4.78, 5) is 0. The van der Waals surface area contributed by atoms with Crippen LogP contribution in [0.15, 0.2) is 18.2 Å². The molecule has 0 aliphatic carbocycles. The fourth-order valence-electron chi connectivity index (χ4n) is 1.75. The summed E-state index contributed by atoms with van der Waals surface area (Å²) in [6.07, 6.45) is 2.60. The van der Waals surface area contributed by atoms with E-state index < -0.39 is 0 Å². The zero-order valence-corrected chi connectivity index (χ0v) is 11.5. The number of nitrogens with one attached hydrogen (secondary N) is 1. The zero-order valence-electron chi connectivity index (χ0n) is 7.19. The van der Waals surface area contributed by atoms with E-state index in [1.165, 1.54) is 32.1 Å². The van der Waals surface area contributed by atoms with Gasteiger partial charge in [0, 0.05) is 13.2 Å². The first-order valence-electron chi connectivity index (χ1n) is 4.45. The molecule has 70 valence electrons. The molecule has 1 aliphatic rings. The molecule has 1 aromatic rings. The Morgan fingerprint density at radius 1 is 1.15 bits per heavy atom. The van der Waals surface area contributed by atoms with Gasteiger partial charge in [-0.05, 0) is 88.3 Å². The van der Waals surface area contributed by atoms with Gasteiger partial charge in [0.1, 0.15) is 0 Å². The maximum Gasteiger partial charge on any atom is 0.0321 e. The van der Waals surface area contributed by atoms with E-state index in [1.54, 1.807) is 0 Å². The molecule has 0 spiro atoms. The van der Waals surface area contributed by atoms with Crippen molar-refractivity contribution in [3.63, 3.8) is 0 Å². The Hall–Kier alpha value is 0.640. The standard InChI is InChI=1S/C10H11I2N/c11-8-4-7(5-9(12)6-8)10-2-1-3-13-10/h4-6,10,13H,1-3H2/t10-/m0/s1. The monoisotopic (exact) mass is 399 g/mol. The average Bonchev–Trinajstić information content (AvgIpc) is 2.53. The summed E-state index contributed by atoms with van der Waals surface area (Å²) in [5.74, 6) is 0. The summed E-state index contributed by atoms with van der Waals surface area (Å²) >= 11 is 4.77. The predicted octanol–water partition coefficient (Wildman–Crippen LogP) is 3.32. The maximum absolute atomic E-state index is 3.52. The third-order valence-electron chi connectivity index (χ3n) is 2.35. The van der Waals surface area contributed by atoms with E-state index in [4.69, 9.17) is 0 Å². The molecule has 1 saturated heterocycles. The minimum absolute atomic E-state index is 0.600. The quantitative estimate of drug-likeness (QED) is 0.715. The molecule has 1 nitrogen and oxygen atoms in total. The van der Waals surface area contributed by atoms with Crippen LogP contribution in [0.3, 0.4) is 0 Å². The molecule has 1 aliphatic heterocycles. The number of hydrogen-bond donors (Lipinski definition) is 1. The van der Waals surface area contributed by atoms with Crippen LogP contribution in [0.25, 0.3) is 0 Å². The minimum Gasteiger partial charge on any atom is -0.310 e. The third kappa shape index (κ3) is 2.56. The smallest absolute Gasteiger partial charge is 0.0321 e. The van der Waals surface area contributed by atoms with Crippen LogP contribution in [0.5, 0.6) is 0 Å². The van der Waals surface area contributed by atoms with Crippen LogP contribution in [0, 0.1) is 7.14 Å². The second kappa shape index (κ2) is 4.44. The van der Waals surface area contributed by atoms with Gasteiger partial charge < -0.3 is 5.32 Å². The second-order valence-electron chi connectivity index (χ2n) is 3.35. The molecule has 1 heterocycles. The van der Waals surface area contributed by atoms with Gasteiger partial charge in [-0.25, -0.2) is 0 Å². The Morgan fingerprint density at radius 2 is 1.85 bits per heavy atom. The Labute approximate surface area is 106 Å². The van der Waals surface area contributed by atoms with Gasteiger partial charge in [0.05, 0.1) is 0 Å². The molecular formula is C10H11I2N. The molecule has 0 amide bonds. The highest BCUT2D eigenvalue weighted by Crippen LogP contribution is 2.25. The van der Waals surface area contributed by atoms with Gasteiger partial charge >= 0.3 is 0 Å². The normalized spacial score (nSPS) is 22.2. The van der Waals surface area contributed by atoms with Gasteiger partial charge in [0.2, 0.25) is 0 Å². The number of hydrogen-bond acceptors (Lipinski definition) is 1. The van der Waals surface area contributed by atoms with Crippen molar-refractivity contribution < 1.29 is 0 Å². The SMILES string of the molecule is Ic1cc(I)cc([C@@H]2CCCN2)c1. The van der Waals surface area contributed by atoms with Crippen molar-refractivity contribution in [3.05, 3.63) is 30.9 Å². The van der Waals surface area contributed by atoms with Crippen molar-refractivity contribution in [1.82, 2.24) is 5.32 Å². The fourth-order valence-corrected chi connectivity index (χ4v) is 3.73. The van der Waals surface area contributed by atoms with Crippen LogP contribution in [0.4, 0.5) is 0 Å². The van der Waals surface area contributed by atoms with Crippen molar-refractivity contribution in [2.75, 3.05) is 6.54 Å². The molecule has 1 fully saturated rings. The molecule has 13 heavy (non-hydrogen) atoms. The summed E-state index contributed by atoms with van der Waals surface area (Å²) in [7, 11) is 0. The molecule has 1 atom stereocenters. The molecule has 1 N–H and O–H groups in total. The van der Waals surface area contributed by atoms with Gasteiger partial charge in [-0.1, -0.05) is 0 Å². The molecule has 3 heteroatoms. The lowest BCUT2D eigenvalue weighted by atomic mass is 10.1. The maximum atomic E-state index is 3.52. The molecule has 0 unspecified atom stereocenters. The van der Waals surface area contributed by atoms with Crippen LogP contribution < -0.4 is 5.32 Å². The summed E-state index contributed by atoms with van der Waals surface area (Å²) < 4.78 is 2.68. The van der Waals surface area contributed by atoms with E-state index in [-0.39, 0.29) is 0 Å². The Kier molecular flexibility index (Phi) is 3.47. The molecule has 0 bridgehead atoms. The van der Waals surface area contributed by atoms with Crippen molar-refractivity contribution in [2.24, 2.45) is 0 Å².